The monoisotopic (exact) mass is 459 g/mol. The first kappa shape index (κ1) is 21.2. The summed E-state index contributed by atoms with van der Waals surface area (Å²) >= 11 is 2.83. The normalized spacial score (nSPS) is 16.4. The molecule has 1 unspecified atom stereocenters. The molecule has 0 aliphatic carbocycles. The van der Waals surface area contributed by atoms with E-state index in [-0.39, 0.29) is 17.9 Å². The second-order valence-electron chi connectivity index (χ2n) is 6.80. The van der Waals surface area contributed by atoms with Crippen LogP contribution in [0.4, 0.5) is 10.6 Å². The van der Waals surface area contributed by atoms with Crippen LogP contribution in [0.15, 0.2) is 39.2 Å². The number of nitrogens with one attached hydrogen (secondary N) is 2. The van der Waals surface area contributed by atoms with Crippen molar-refractivity contribution in [1.29, 1.82) is 0 Å². The SMILES string of the molecule is CCOC(=O)C1=C(CSc2nc(N)c3c(C)c(C)sc3n2)NC(=O)NC1c1ccco1. The van der Waals surface area contributed by atoms with Crippen molar-refractivity contribution < 1.29 is 18.7 Å². The average molecular weight is 460 g/mol. The van der Waals surface area contributed by atoms with Crippen LogP contribution >= 0.6 is 23.1 Å². The Balaban J connectivity index is 1.68. The quantitative estimate of drug-likeness (QED) is 0.290. The maximum atomic E-state index is 12.7. The zero-order valence-electron chi connectivity index (χ0n) is 17.1. The minimum atomic E-state index is -0.755. The summed E-state index contributed by atoms with van der Waals surface area (Å²) in [4.78, 5) is 36.0. The van der Waals surface area contributed by atoms with Gasteiger partial charge in [-0.1, -0.05) is 11.8 Å². The predicted molar refractivity (Wildman–Crippen MR) is 119 cm³/mol. The Bertz CT molecular complexity index is 1190. The molecule has 1 atom stereocenters. The topological polar surface area (TPSA) is 132 Å². The zero-order chi connectivity index (χ0) is 22.1. The third kappa shape index (κ3) is 4.10. The van der Waals surface area contributed by atoms with Gasteiger partial charge in [0.25, 0.3) is 0 Å². The summed E-state index contributed by atoms with van der Waals surface area (Å²) in [7, 11) is 0. The van der Waals surface area contributed by atoms with Gasteiger partial charge in [-0.3, -0.25) is 0 Å². The van der Waals surface area contributed by atoms with E-state index in [4.69, 9.17) is 14.9 Å². The van der Waals surface area contributed by atoms with Crippen LogP contribution in [0, 0.1) is 13.8 Å². The summed E-state index contributed by atoms with van der Waals surface area (Å²) in [5, 5.41) is 6.76. The molecule has 0 saturated carbocycles. The summed E-state index contributed by atoms with van der Waals surface area (Å²) in [5.74, 6) is 0.559. The Morgan fingerprint density at radius 2 is 2.19 bits per heavy atom. The molecule has 1 aliphatic heterocycles. The molecule has 4 rings (SSSR count). The minimum absolute atomic E-state index is 0.203. The maximum Gasteiger partial charge on any atom is 0.338 e. The number of carbonyl (C=O) groups excluding carboxylic acids is 2. The number of esters is 1. The number of thiophene rings is 1. The molecule has 4 N–H and O–H groups in total. The lowest BCUT2D eigenvalue weighted by Crippen LogP contribution is -2.46. The zero-order valence-corrected chi connectivity index (χ0v) is 18.8. The number of urea groups is 1. The summed E-state index contributed by atoms with van der Waals surface area (Å²) in [5.41, 5.74) is 7.93. The van der Waals surface area contributed by atoms with Crippen molar-refractivity contribution in [3.05, 3.63) is 45.9 Å². The Kier molecular flexibility index (Phi) is 5.88. The number of anilines is 1. The van der Waals surface area contributed by atoms with Crippen molar-refractivity contribution >= 4 is 51.1 Å². The number of furan rings is 1. The summed E-state index contributed by atoms with van der Waals surface area (Å²) < 4.78 is 10.7. The maximum absolute atomic E-state index is 12.7. The highest BCUT2D eigenvalue weighted by Gasteiger charge is 2.35. The van der Waals surface area contributed by atoms with Crippen LogP contribution < -0.4 is 16.4 Å². The van der Waals surface area contributed by atoms with Gasteiger partial charge < -0.3 is 25.5 Å². The second-order valence-corrected chi connectivity index (χ2v) is 8.95. The van der Waals surface area contributed by atoms with Crippen LogP contribution in [0.1, 0.15) is 29.2 Å². The number of amides is 2. The number of hydrogen-bond donors (Lipinski definition) is 3. The van der Waals surface area contributed by atoms with Gasteiger partial charge in [0, 0.05) is 16.3 Å². The minimum Gasteiger partial charge on any atom is -0.467 e. The smallest absolute Gasteiger partial charge is 0.338 e. The Hall–Kier alpha value is -3.05. The van der Waals surface area contributed by atoms with E-state index in [9.17, 15) is 9.59 Å². The van der Waals surface area contributed by atoms with Gasteiger partial charge in [-0.2, -0.15) is 0 Å². The number of ether oxygens (including phenoxy) is 1. The Morgan fingerprint density at radius 3 is 2.90 bits per heavy atom. The first-order chi connectivity index (χ1) is 14.9. The molecule has 0 bridgehead atoms. The fourth-order valence-electron chi connectivity index (χ4n) is 3.31. The van der Waals surface area contributed by atoms with Crippen LogP contribution in [0.2, 0.25) is 0 Å². The first-order valence-corrected chi connectivity index (χ1v) is 11.4. The summed E-state index contributed by atoms with van der Waals surface area (Å²) in [6.45, 7) is 5.94. The number of hydrogen-bond acceptors (Lipinski definition) is 9. The second kappa shape index (κ2) is 8.60. The number of nitrogen functional groups attached to an aromatic ring is 1. The van der Waals surface area contributed by atoms with Gasteiger partial charge in [0.15, 0.2) is 5.16 Å². The lowest BCUT2D eigenvalue weighted by molar-refractivity contribution is -0.139. The van der Waals surface area contributed by atoms with Crippen LogP contribution in [-0.2, 0) is 9.53 Å². The molecule has 0 aromatic carbocycles. The molecule has 11 heteroatoms. The van der Waals surface area contributed by atoms with Crippen molar-refractivity contribution in [2.45, 2.75) is 32.0 Å². The number of thioether (sulfide) groups is 1. The highest BCUT2D eigenvalue weighted by Crippen LogP contribution is 2.35. The molecule has 162 valence electrons. The lowest BCUT2D eigenvalue weighted by Gasteiger charge is -2.27. The third-order valence-corrected chi connectivity index (χ3v) is 6.83. The van der Waals surface area contributed by atoms with Crippen molar-refractivity contribution in [3.8, 4) is 0 Å². The van der Waals surface area contributed by atoms with Crippen LogP contribution in [0.3, 0.4) is 0 Å². The van der Waals surface area contributed by atoms with E-state index in [1.165, 1.54) is 18.0 Å². The van der Waals surface area contributed by atoms with Crippen molar-refractivity contribution in [2.75, 3.05) is 18.1 Å². The molecule has 2 amide bonds. The highest BCUT2D eigenvalue weighted by molar-refractivity contribution is 7.99. The van der Waals surface area contributed by atoms with Crippen LogP contribution in [-0.4, -0.2) is 34.3 Å². The molecule has 3 aromatic rings. The first-order valence-electron chi connectivity index (χ1n) is 9.56. The fourth-order valence-corrected chi connectivity index (χ4v) is 5.23. The van der Waals surface area contributed by atoms with Gasteiger partial charge >= 0.3 is 12.0 Å². The van der Waals surface area contributed by atoms with Gasteiger partial charge in [0.2, 0.25) is 0 Å². The van der Waals surface area contributed by atoms with Gasteiger partial charge in [-0.15, -0.1) is 11.3 Å². The van der Waals surface area contributed by atoms with Gasteiger partial charge in [0.05, 0.1) is 23.8 Å². The molecule has 9 nitrogen and oxygen atoms in total. The number of aromatic nitrogens is 2. The van der Waals surface area contributed by atoms with Crippen LogP contribution in [0.25, 0.3) is 10.2 Å². The third-order valence-electron chi connectivity index (χ3n) is 4.86. The average Bonchev–Trinajstić information content (AvgIpc) is 3.35. The largest absolute Gasteiger partial charge is 0.467 e. The highest BCUT2D eigenvalue weighted by atomic mass is 32.2. The van der Waals surface area contributed by atoms with E-state index < -0.39 is 18.0 Å². The van der Waals surface area contributed by atoms with E-state index in [0.29, 0.717) is 22.4 Å². The van der Waals surface area contributed by atoms with Gasteiger partial charge in [-0.25, -0.2) is 19.6 Å². The number of fused-ring (bicyclic) bond motifs is 1. The number of nitrogens with two attached hydrogens (primary N) is 1. The van der Waals surface area contributed by atoms with Crippen LogP contribution in [0.5, 0.6) is 0 Å². The number of carbonyl (C=O) groups is 2. The molecular weight excluding hydrogens is 438 g/mol. The Morgan fingerprint density at radius 1 is 1.39 bits per heavy atom. The summed E-state index contributed by atoms with van der Waals surface area (Å²) in [6, 6.07) is 2.19. The summed E-state index contributed by atoms with van der Waals surface area (Å²) in [6.07, 6.45) is 1.48. The lowest BCUT2D eigenvalue weighted by atomic mass is 10.0. The molecule has 0 spiro atoms. The number of aryl methyl sites for hydroxylation is 2. The molecule has 4 heterocycles. The molecular formula is C20H21N5O4S2. The standard InChI is InChI=1S/C20H21N5O4S2/c1-4-28-18(26)14-11(22-19(27)23-15(14)12-6-5-7-29-12)8-30-20-24-16(21)13-9(2)10(3)31-17(13)25-20/h5-7,15H,4,8H2,1-3H3,(H2,21,24,25)(H2,22,23,27). The van der Waals surface area contributed by atoms with Crippen molar-refractivity contribution in [3.63, 3.8) is 0 Å². The molecule has 31 heavy (non-hydrogen) atoms. The van der Waals surface area contributed by atoms with Crippen molar-refractivity contribution in [1.82, 2.24) is 20.6 Å². The van der Waals surface area contributed by atoms with Gasteiger partial charge in [-0.05, 0) is 38.5 Å². The number of rotatable bonds is 6. The molecule has 0 saturated heterocycles. The van der Waals surface area contributed by atoms with Gasteiger partial charge in [0.1, 0.15) is 22.5 Å². The fraction of sp³-hybridized carbons (Fsp3) is 0.300. The van der Waals surface area contributed by atoms with E-state index >= 15 is 0 Å². The molecule has 3 aromatic heterocycles. The molecule has 0 fully saturated rings. The number of nitrogens with zero attached hydrogens (tertiary/aromatic N) is 2. The predicted octanol–water partition coefficient (Wildman–Crippen LogP) is 3.45. The van der Waals surface area contributed by atoms with E-state index in [0.717, 1.165) is 20.7 Å². The van der Waals surface area contributed by atoms with Crippen molar-refractivity contribution in [2.24, 2.45) is 0 Å². The van der Waals surface area contributed by atoms with E-state index in [1.807, 2.05) is 13.8 Å². The Labute approximate surface area is 186 Å². The van der Waals surface area contributed by atoms with E-state index in [1.54, 1.807) is 30.4 Å². The molecule has 0 radical (unpaired) electrons. The van der Waals surface area contributed by atoms with E-state index in [2.05, 4.69) is 20.6 Å². The molecule has 1 aliphatic rings.